The quantitative estimate of drug-likeness (QED) is 0.636. The van der Waals surface area contributed by atoms with E-state index in [4.69, 9.17) is 9.72 Å². The van der Waals surface area contributed by atoms with Crippen molar-refractivity contribution in [2.75, 3.05) is 38.2 Å². The lowest BCUT2D eigenvalue weighted by atomic mass is 10.2. The van der Waals surface area contributed by atoms with E-state index in [1.807, 2.05) is 41.3 Å². The Bertz CT molecular complexity index is 968. The molecule has 2 amide bonds. The van der Waals surface area contributed by atoms with E-state index >= 15 is 0 Å². The van der Waals surface area contributed by atoms with Crippen LogP contribution in [0.5, 0.6) is 5.75 Å². The molecule has 0 saturated carbocycles. The summed E-state index contributed by atoms with van der Waals surface area (Å²) in [5.74, 6) is 0.813. The van der Waals surface area contributed by atoms with Crippen molar-refractivity contribution in [2.24, 2.45) is 0 Å². The summed E-state index contributed by atoms with van der Waals surface area (Å²) in [6.45, 7) is 3.46. The number of hydrogen-bond acceptors (Lipinski definition) is 5. The SMILES string of the molecule is COc1ccc(CNC(=O)N2CCN(c3nc4ccc(Br)cc4s3)CC2)cc1. The molecule has 2 aromatic carbocycles. The molecule has 0 unspecified atom stereocenters. The number of nitrogens with zero attached hydrogens (tertiary/aromatic N) is 3. The molecule has 1 aliphatic heterocycles. The van der Waals surface area contributed by atoms with Crippen LogP contribution >= 0.6 is 27.3 Å². The number of urea groups is 1. The molecule has 4 rings (SSSR count). The molecule has 1 aliphatic rings. The van der Waals surface area contributed by atoms with Gasteiger partial charge in [-0.3, -0.25) is 0 Å². The summed E-state index contributed by atoms with van der Waals surface area (Å²) < 4.78 is 7.39. The number of benzene rings is 2. The molecule has 1 saturated heterocycles. The fraction of sp³-hybridized carbons (Fsp3) is 0.300. The molecule has 28 heavy (non-hydrogen) atoms. The van der Waals surface area contributed by atoms with Gasteiger partial charge >= 0.3 is 6.03 Å². The predicted molar refractivity (Wildman–Crippen MR) is 116 cm³/mol. The van der Waals surface area contributed by atoms with Crippen LogP contribution in [0.15, 0.2) is 46.9 Å². The van der Waals surface area contributed by atoms with E-state index in [1.165, 1.54) is 4.70 Å². The van der Waals surface area contributed by atoms with Crippen LogP contribution in [0.4, 0.5) is 9.93 Å². The van der Waals surface area contributed by atoms with Crippen molar-refractivity contribution in [3.05, 3.63) is 52.5 Å². The number of nitrogens with one attached hydrogen (secondary N) is 1. The molecule has 2 heterocycles. The Morgan fingerprint density at radius 1 is 1.18 bits per heavy atom. The van der Waals surface area contributed by atoms with E-state index in [0.717, 1.165) is 39.5 Å². The van der Waals surface area contributed by atoms with Crippen LogP contribution in [0.2, 0.25) is 0 Å². The second-order valence-electron chi connectivity index (χ2n) is 6.59. The van der Waals surface area contributed by atoms with Crippen molar-refractivity contribution in [2.45, 2.75) is 6.54 Å². The van der Waals surface area contributed by atoms with Crippen LogP contribution in [-0.2, 0) is 6.54 Å². The highest BCUT2D eigenvalue weighted by atomic mass is 79.9. The number of aromatic nitrogens is 1. The Hall–Kier alpha value is -2.32. The standard InChI is InChI=1S/C20H21BrN4O2S/c1-27-16-5-2-14(3-6-16)13-22-19(26)24-8-10-25(11-9-24)20-23-17-7-4-15(21)12-18(17)28-20/h2-7,12H,8-11,13H2,1H3,(H,22,26). The van der Waals surface area contributed by atoms with E-state index in [0.29, 0.717) is 19.6 Å². The second kappa shape index (κ2) is 8.36. The zero-order valence-electron chi connectivity index (χ0n) is 15.5. The maximum atomic E-state index is 12.5. The van der Waals surface area contributed by atoms with Crippen molar-refractivity contribution in [1.82, 2.24) is 15.2 Å². The van der Waals surface area contributed by atoms with Crippen molar-refractivity contribution in [3.8, 4) is 5.75 Å². The number of anilines is 1. The van der Waals surface area contributed by atoms with Crippen molar-refractivity contribution >= 4 is 48.6 Å². The number of rotatable bonds is 4. The van der Waals surface area contributed by atoms with Crippen molar-refractivity contribution in [1.29, 1.82) is 0 Å². The van der Waals surface area contributed by atoms with Crippen LogP contribution in [0.25, 0.3) is 10.2 Å². The first-order valence-electron chi connectivity index (χ1n) is 9.09. The Balaban J connectivity index is 1.30. The summed E-state index contributed by atoms with van der Waals surface area (Å²) in [6, 6.07) is 13.8. The Labute approximate surface area is 176 Å². The normalized spacial score (nSPS) is 14.4. The first-order valence-corrected chi connectivity index (χ1v) is 10.7. The summed E-state index contributed by atoms with van der Waals surface area (Å²) in [6.07, 6.45) is 0. The Morgan fingerprint density at radius 3 is 2.64 bits per heavy atom. The maximum absolute atomic E-state index is 12.5. The average Bonchev–Trinajstić information content (AvgIpc) is 3.15. The van der Waals surface area contributed by atoms with Gasteiger partial charge in [-0.1, -0.05) is 39.4 Å². The van der Waals surface area contributed by atoms with Crippen LogP contribution in [-0.4, -0.2) is 49.2 Å². The molecule has 1 N–H and O–H groups in total. The summed E-state index contributed by atoms with van der Waals surface area (Å²) in [5, 5.41) is 4.02. The Kier molecular flexibility index (Phi) is 5.68. The number of carbonyl (C=O) groups excluding carboxylic acids is 1. The largest absolute Gasteiger partial charge is 0.497 e. The number of thiazole rings is 1. The third-order valence-corrected chi connectivity index (χ3v) is 6.35. The highest BCUT2D eigenvalue weighted by Gasteiger charge is 2.23. The molecule has 6 nitrogen and oxygen atoms in total. The lowest BCUT2D eigenvalue weighted by Gasteiger charge is -2.34. The number of methoxy groups -OCH3 is 1. The zero-order valence-corrected chi connectivity index (χ0v) is 17.9. The third kappa shape index (κ3) is 4.23. The minimum atomic E-state index is -0.0244. The number of ether oxygens (including phenoxy) is 1. The molecule has 1 fully saturated rings. The van der Waals surface area contributed by atoms with Gasteiger partial charge in [0.2, 0.25) is 0 Å². The van der Waals surface area contributed by atoms with Crippen LogP contribution in [0, 0.1) is 0 Å². The van der Waals surface area contributed by atoms with E-state index < -0.39 is 0 Å². The van der Waals surface area contributed by atoms with Gasteiger partial charge in [0.15, 0.2) is 5.13 Å². The zero-order chi connectivity index (χ0) is 19.5. The average molecular weight is 461 g/mol. The number of piperazine rings is 1. The third-order valence-electron chi connectivity index (χ3n) is 4.78. The molecule has 0 spiro atoms. The first kappa shape index (κ1) is 19.0. The van der Waals surface area contributed by atoms with Gasteiger partial charge in [-0.25, -0.2) is 9.78 Å². The van der Waals surface area contributed by atoms with Gasteiger partial charge in [0.1, 0.15) is 5.75 Å². The van der Waals surface area contributed by atoms with Crippen LogP contribution in [0.1, 0.15) is 5.56 Å². The van der Waals surface area contributed by atoms with E-state index in [9.17, 15) is 4.79 Å². The minimum absolute atomic E-state index is 0.0244. The van der Waals surface area contributed by atoms with Gasteiger partial charge in [0.25, 0.3) is 0 Å². The molecule has 8 heteroatoms. The summed E-state index contributed by atoms with van der Waals surface area (Å²) >= 11 is 5.20. The van der Waals surface area contributed by atoms with Gasteiger partial charge in [-0.15, -0.1) is 0 Å². The van der Waals surface area contributed by atoms with Crippen LogP contribution in [0.3, 0.4) is 0 Å². The highest BCUT2D eigenvalue weighted by molar-refractivity contribution is 9.10. The maximum Gasteiger partial charge on any atom is 0.317 e. The van der Waals surface area contributed by atoms with Gasteiger partial charge in [-0.2, -0.15) is 0 Å². The second-order valence-corrected chi connectivity index (χ2v) is 8.51. The number of fused-ring (bicyclic) bond motifs is 1. The lowest BCUT2D eigenvalue weighted by molar-refractivity contribution is 0.194. The monoisotopic (exact) mass is 460 g/mol. The molecule has 3 aromatic rings. The van der Waals surface area contributed by atoms with Gasteiger partial charge < -0.3 is 19.9 Å². The first-order chi connectivity index (χ1) is 13.6. The molecule has 0 radical (unpaired) electrons. The predicted octanol–water partition coefficient (Wildman–Crippen LogP) is 4.10. The summed E-state index contributed by atoms with van der Waals surface area (Å²) in [5.41, 5.74) is 2.07. The van der Waals surface area contributed by atoms with E-state index in [2.05, 4.69) is 32.2 Å². The molecule has 0 bridgehead atoms. The summed E-state index contributed by atoms with van der Waals surface area (Å²) in [7, 11) is 1.64. The number of hydrogen-bond donors (Lipinski definition) is 1. The number of halogens is 1. The fourth-order valence-corrected chi connectivity index (χ4v) is 4.72. The van der Waals surface area contributed by atoms with Crippen molar-refractivity contribution < 1.29 is 9.53 Å². The van der Waals surface area contributed by atoms with Gasteiger partial charge in [0.05, 0.1) is 17.3 Å². The smallest absolute Gasteiger partial charge is 0.317 e. The molecule has 0 atom stereocenters. The fourth-order valence-electron chi connectivity index (χ4n) is 3.16. The molecular weight excluding hydrogens is 440 g/mol. The molecule has 0 aliphatic carbocycles. The van der Waals surface area contributed by atoms with Gasteiger partial charge in [-0.05, 0) is 35.9 Å². The van der Waals surface area contributed by atoms with Crippen LogP contribution < -0.4 is 15.0 Å². The Morgan fingerprint density at radius 2 is 1.93 bits per heavy atom. The number of amides is 2. The van der Waals surface area contributed by atoms with Gasteiger partial charge in [0, 0.05) is 37.2 Å². The van der Waals surface area contributed by atoms with E-state index in [1.54, 1.807) is 18.4 Å². The van der Waals surface area contributed by atoms with E-state index in [-0.39, 0.29) is 6.03 Å². The minimum Gasteiger partial charge on any atom is -0.497 e. The summed E-state index contributed by atoms with van der Waals surface area (Å²) in [4.78, 5) is 21.3. The van der Waals surface area contributed by atoms with Crippen molar-refractivity contribution in [3.63, 3.8) is 0 Å². The number of carbonyl (C=O) groups is 1. The highest BCUT2D eigenvalue weighted by Crippen LogP contribution is 2.31. The molecular formula is C20H21BrN4O2S. The molecule has 146 valence electrons. The lowest BCUT2D eigenvalue weighted by Crippen LogP contribution is -2.51. The topological polar surface area (TPSA) is 57.7 Å². The molecule has 1 aromatic heterocycles.